The lowest BCUT2D eigenvalue weighted by Crippen LogP contribution is -2.17. The van der Waals surface area contributed by atoms with E-state index in [0.29, 0.717) is 11.3 Å². The van der Waals surface area contributed by atoms with Gasteiger partial charge in [-0.05, 0) is 5.56 Å². The highest BCUT2D eigenvalue weighted by atomic mass is 16.2. The van der Waals surface area contributed by atoms with Gasteiger partial charge in [-0.15, -0.1) is 0 Å². The summed E-state index contributed by atoms with van der Waals surface area (Å²) in [4.78, 5) is 20.0. The molecule has 0 aliphatic carbocycles. The molecule has 0 aliphatic rings. The number of rotatable bonds is 3. The molecule has 0 aliphatic heterocycles. The molecular weight excluding hydrogens is 254 g/mol. The van der Waals surface area contributed by atoms with Crippen molar-refractivity contribution in [1.82, 2.24) is 19.8 Å². The zero-order valence-corrected chi connectivity index (χ0v) is 10.5. The molecule has 2 heterocycles. The summed E-state index contributed by atoms with van der Waals surface area (Å²) < 4.78 is 1.73. The molecule has 0 fully saturated rings. The summed E-state index contributed by atoms with van der Waals surface area (Å²) in [6.07, 6.45) is 8.15. The summed E-state index contributed by atoms with van der Waals surface area (Å²) in [5.41, 5.74) is 4.26. The van der Waals surface area contributed by atoms with Gasteiger partial charge >= 0.3 is 0 Å². The van der Waals surface area contributed by atoms with Crippen LogP contribution in [0.3, 0.4) is 0 Å². The van der Waals surface area contributed by atoms with Crippen molar-refractivity contribution < 1.29 is 4.79 Å². The van der Waals surface area contributed by atoms with Crippen molar-refractivity contribution in [3.63, 3.8) is 0 Å². The first kappa shape index (κ1) is 12.0. The lowest BCUT2D eigenvalue weighted by Gasteiger charge is -1.94. The van der Waals surface area contributed by atoms with E-state index in [2.05, 4.69) is 20.5 Å². The molecule has 0 spiro atoms. The molecule has 0 unspecified atom stereocenters. The van der Waals surface area contributed by atoms with E-state index in [-0.39, 0.29) is 5.91 Å². The number of imidazole rings is 1. The minimum atomic E-state index is -0.360. The second-order valence-corrected chi connectivity index (χ2v) is 4.08. The van der Waals surface area contributed by atoms with Gasteiger partial charge in [-0.3, -0.25) is 9.78 Å². The van der Waals surface area contributed by atoms with Crippen LogP contribution in [-0.4, -0.2) is 26.5 Å². The topological polar surface area (TPSA) is 71.7 Å². The fraction of sp³-hybridized carbons (Fsp3) is 0. The second-order valence-electron chi connectivity index (χ2n) is 4.08. The molecule has 0 saturated heterocycles. The van der Waals surface area contributed by atoms with Crippen LogP contribution in [0.1, 0.15) is 16.1 Å². The van der Waals surface area contributed by atoms with Gasteiger partial charge in [0, 0.05) is 18.6 Å². The van der Waals surface area contributed by atoms with Crippen molar-refractivity contribution in [2.45, 2.75) is 0 Å². The molecule has 0 radical (unpaired) electrons. The lowest BCUT2D eigenvalue weighted by molar-refractivity contribution is 0.0951. The molecule has 3 aromatic rings. The van der Waals surface area contributed by atoms with E-state index < -0.39 is 0 Å². The fourth-order valence-electron chi connectivity index (χ4n) is 1.71. The third-order valence-electron chi connectivity index (χ3n) is 2.68. The lowest BCUT2D eigenvalue weighted by atomic mass is 10.2. The molecular formula is C14H11N5O. The Morgan fingerprint density at radius 3 is 2.95 bits per heavy atom. The number of benzene rings is 1. The Morgan fingerprint density at radius 1 is 1.30 bits per heavy atom. The highest BCUT2D eigenvalue weighted by Crippen LogP contribution is 2.02. The zero-order valence-electron chi connectivity index (χ0n) is 10.5. The maximum Gasteiger partial charge on any atom is 0.291 e. The third-order valence-corrected chi connectivity index (χ3v) is 2.68. The molecule has 0 bridgehead atoms. The number of nitrogens with one attached hydrogen (secondary N) is 1. The number of amides is 1. The van der Waals surface area contributed by atoms with Gasteiger partial charge in [0.15, 0.2) is 5.65 Å². The van der Waals surface area contributed by atoms with Crippen LogP contribution in [-0.2, 0) is 0 Å². The quantitative estimate of drug-likeness (QED) is 0.576. The number of hydrogen-bond acceptors (Lipinski definition) is 4. The van der Waals surface area contributed by atoms with Crippen LogP contribution in [0, 0.1) is 0 Å². The molecule has 0 atom stereocenters. The minimum Gasteiger partial charge on any atom is -0.303 e. The monoisotopic (exact) mass is 265 g/mol. The van der Waals surface area contributed by atoms with Crippen molar-refractivity contribution in [3.05, 3.63) is 66.4 Å². The molecule has 1 N–H and O–H groups in total. The highest BCUT2D eigenvalue weighted by Gasteiger charge is 2.09. The Labute approximate surface area is 114 Å². The second kappa shape index (κ2) is 5.31. The van der Waals surface area contributed by atoms with E-state index in [0.717, 1.165) is 5.56 Å². The fourth-order valence-corrected chi connectivity index (χ4v) is 1.71. The predicted octanol–water partition coefficient (Wildman–Crippen LogP) is 1.49. The van der Waals surface area contributed by atoms with Crippen molar-refractivity contribution in [2.75, 3.05) is 0 Å². The Morgan fingerprint density at radius 2 is 2.15 bits per heavy atom. The van der Waals surface area contributed by atoms with Crippen molar-refractivity contribution >= 4 is 17.8 Å². The summed E-state index contributed by atoms with van der Waals surface area (Å²) in [5.74, 6) is -0.360. The Hall–Kier alpha value is -3.02. The number of carbonyl (C=O) groups excluding carboxylic acids is 1. The number of aromatic nitrogens is 3. The summed E-state index contributed by atoms with van der Waals surface area (Å²) >= 11 is 0. The van der Waals surface area contributed by atoms with Crippen LogP contribution >= 0.6 is 0 Å². The Balaban J connectivity index is 1.71. The van der Waals surface area contributed by atoms with Crippen LogP contribution in [0.5, 0.6) is 0 Å². The van der Waals surface area contributed by atoms with Gasteiger partial charge in [0.1, 0.15) is 5.69 Å². The van der Waals surface area contributed by atoms with E-state index in [9.17, 15) is 4.79 Å². The smallest absolute Gasteiger partial charge is 0.291 e. The SMILES string of the molecule is O=C(N/N=C\c1ccccc1)c1cn2ccncc2n1. The number of nitrogens with zero attached hydrogens (tertiary/aromatic N) is 4. The molecule has 20 heavy (non-hydrogen) atoms. The molecule has 1 amide bonds. The maximum absolute atomic E-state index is 11.9. The zero-order chi connectivity index (χ0) is 13.8. The molecule has 6 nitrogen and oxygen atoms in total. The molecule has 1 aromatic carbocycles. The molecule has 6 heteroatoms. The normalized spacial score (nSPS) is 11.0. The van der Waals surface area contributed by atoms with Crippen molar-refractivity contribution in [3.8, 4) is 0 Å². The first-order chi connectivity index (χ1) is 9.83. The van der Waals surface area contributed by atoms with Crippen molar-refractivity contribution in [2.24, 2.45) is 5.10 Å². The van der Waals surface area contributed by atoms with E-state index in [4.69, 9.17) is 0 Å². The maximum atomic E-state index is 11.9. The number of fused-ring (bicyclic) bond motifs is 1. The summed E-state index contributed by atoms with van der Waals surface area (Å²) in [6.45, 7) is 0. The number of hydrogen-bond donors (Lipinski definition) is 1. The summed E-state index contributed by atoms with van der Waals surface area (Å²) in [7, 11) is 0. The van der Waals surface area contributed by atoms with Crippen LogP contribution in [0.25, 0.3) is 5.65 Å². The molecule has 0 saturated carbocycles. The van der Waals surface area contributed by atoms with Crippen LogP contribution < -0.4 is 5.43 Å². The Kier molecular flexibility index (Phi) is 3.20. The van der Waals surface area contributed by atoms with Gasteiger partial charge in [0.2, 0.25) is 0 Å². The average molecular weight is 265 g/mol. The van der Waals surface area contributed by atoms with E-state index >= 15 is 0 Å². The van der Waals surface area contributed by atoms with Gasteiger partial charge in [0.25, 0.3) is 5.91 Å². The minimum absolute atomic E-state index is 0.295. The van der Waals surface area contributed by atoms with Gasteiger partial charge in [-0.1, -0.05) is 30.3 Å². The molecule has 3 rings (SSSR count). The number of carbonyl (C=O) groups is 1. The first-order valence-electron chi connectivity index (χ1n) is 6.00. The highest BCUT2D eigenvalue weighted by molar-refractivity contribution is 5.93. The predicted molar refractivity (Wildman–Crippen MR) is 74.5 cm³/mol. The van der Waals surface area contributed by atoms with Crippen LogP contribution in [0.15, 0.2) is 60.2 Å². The van der Waals surface area contributed by atoms with Gasteiger partial charge in [-0.2, -0.15) is 5.10 Å². The third kappa shape index (κ3) is 2.54. The van der Waals surface area contributed by atoms with Crippen LogP contribution in [0.2, 0.25) is 0 Å². The largest absolute Gasteiger partial charge is 0.303 e. The molecule has 2 aromatic heterocycles. The van der Waals surface area contributed by atoms with Crippen molar-refractivity contribution in [1.29, 1.82) is 0 Å². The number of hydrazone groups is 1. The molecule has 98 valence electrons. The first-order valence-corrected chi connectivity index (χ1v) is 6.00. The summed E-state index contributed by atoms with van der Waals surface area (Å²) in [5, 5.41) is 3.90. The van der Waals surface area contributed by atoms with Gasteiger partial charge in [0.05, 0.1) is 12.4 Å². The average Bonchev–Trinajstić information content (AvgIpc) is 2.92. The Bertz CT molecular complexity index is 730. The van der Waals surface area contributed by atoms with Crippen LogP contribution in [0.4, 0.5) is 0 Å². The van der Waals surface area contributed by atoms with Gasteiger partial charge < -0.3 is 4.40 Å². The van der Waals surface area contributed by atoms with Gasteiger partial charge in [-0.25, -0.2) is 10.4 Å². The standard InChI is InChI=1S/C14H11N5O/c20-14(18-16-8-11-4-2-1-3-5-11)12-10-19-7-6-15-9-13(19)17-12/h1-10H,(H,18,20)/b16-8-. The van der Waals surface area contributed by atoms with E-state index in [1.807, 2.05) is 30.3 Å². The van der Waals surface area contributed by atoms with E-state index in [1.54, 1.807) is 35.4 Å². The van der Waals surface area contributed by atoms with E-state index in [1.165, 1.54) is 0 Å². The summed E-state index contributed by atoms with van der Waals surface area (Å²) in [6, 6.07) is 9.51.